The summed E-state index contributed by atoms with van der Waals surface area (Å²) in [6.07, 6.45) is 6.59. The Morgan fingerprint density at radius 2 is 1.80 bits per heavy atom. The highest BCUT2D eigenvalue weighted by atomic mass is 33.1. The zero-order chi connectivity index (χ0) is 7.66. The van der Waals surface area contributed by atoms with Gasteiger partial charge in [-0.25, -0.2) is 0 Å². The van der Waals surface area contributed by atoms with Crippen molar-refractivity contribution >= 4 is 21.9 Å². The lowest BCUT2D eigenvalue weighted by atomic mass is 10.2. The molecule has 0 atom stereocenters. The fraction of sp³-hybridized carbons (Fsp3) is 1.00. The van der Waals surface area contributed by atoms with Crippen LogP contribution in [-0.2, 0) is 0 Å². The summed E-state index contributed by atoms with van der Waals surface area (Å²) >= 11 is 0.882. The minimum atomic E-state index is 0.882. The maximum Gasteiger partial charge on any atom is 0.0593 e. The molecule has 0 fully saturated rings. The molecule has 0 saturated carbocycles. The lowest BCUT2D eigenvalue weighted by Crippen LogP contribution is -1.78. The van der Waals surface area contributed by atoms with Crippen LogP contribution in [0, 0.1) is 0 Å². The number of rotatable bonds is 7. The van der Waals surface area contributed by atoms with Gasteiger partial charge in [0.25, 0.3) is 0 Å². The molecule has 0 rings (SSSR count). The van der Waals surface area contributed by atoms with E-state index in [1.54, 1.807) is 0 Å². The Morgan fingerprint density at radius 1 is 1.10 bits per heavy atom. The van der Waals surface area contributed by atoms with Crippen molar-refractivity contribution in [3.8, 4) is 0 Å². The molecule has 0 aliphatic carbocycles. The van der Waals surface area contributed by atoms with Crippen LogP contribution in [0.4, 0.5) is 0 Å². The largest absolute Gasteiger partial charge is 0.321 e. The molecule has 0 heterocycles. The first kappa shape index (κ1) is 10.7. The average Bonchev–Trinajstić information content (AvgIpc) is 1.97. The van der Waals surface area contributed by atoms with Crippen LogP contribution < -0.4 is 0 Å². The highest BCUT2D eigenvalue weighted by molar-refractivity contribution is 8.74. The third-order valence-corrected chi connectivity index (χ3v) is 2.76. The summed E-state index contributed by atoms with van der Waals surface area (Å²) in [5, 5.41) is 0. The fourth-order valence-electron chi connectivity index (χ4n) is 0.802. The van der Waals surface area contributed by atoms with E-state index in [0.29, 0.717) is 0 Å². The third-order valence-electron chi connectivity index (χ3n) is 1.38. The first-order chi connectivity index (χ1) is 4.91. The van der Waals surface area contributed by atoms with E-state index in [4.69, 9.17) is 4.55 Å². The molecule has 0 aliphatic rings. The molecule has 0 aromatic rings. The monoisotopic (exact) mass is 180 g/mol. The topological polar surface area (TPSA) is 20.2 Å². The zero-order valence-corrected chi connectivity index (χ0v) is 8.14. The molecular weight excluding hydrogens is 164 g/mol. The average molecular weight is 180 g/mol. The van der Waals surface area contributed by atoms with Gasteiger partial charge in [-0.15, -0.1) is 0 Å². The van der Waals surface area contributed by atoms with Crippen molar-refractivity contribution in [2.24, 2.45) is 0 Å². The molecule has 0 saturated heterocycles. The molecule has 0 spiro atoms. The van der Waals surface area contributed by atoms with Crippen LogP contribution in [0.15, 0.2) is 0 Å². The van der Waals surface area contributed by atoms with E-state index < -0.39 is 0 Å². The second-order valence-corrected chi connectivity index (χ2v) is 4.26. The summed E-state index contributed by atoms with van der Waals surface area (Å²) in [4.78, 5) is 0. The van der Waals surface area contributed by atoms with Crippen molar-refractivity contribution in [3.63, 3.8) is 0 Å². The Bertz CT molecular complexity index is 51.6. The van der Waals surface area contributed by atoms with Crippen LogP contribution in [0.2, 0.25) is 0 Å². The first-order valence-electron chi connectivity index (χ1n) is 3.85. The van der Waals surface area contributed by atoms with E-state index in [-0.39, 0.29) is 0 Å². The number of hydrogen-bond acceptors (Lipinski definition) is 3. The van der Waals surface area contributed by atoms with Gasteiger partial charge in [0, 0.05) is 5.75 Å². The lowest BCUT2D eigenvalue weighted by molar-refractivity contribution is 0.659. The SMILES string of the molecule is CCCCCCCSSO. The van der Waals surface area contributed by atoms with Crippen molar-refractivity contribution in [2.75, 3.05) is 5.75 Å². The Morgan fingerprint density at radius 3 is 2.40 bits per heavy atom. The molecule has 0 bridgehead atoms. The summed E-state index contributed by atoms with van der Waals surface area (Å²) in [6.45, 7) is 2.22. The van der Waals surface area contributed by atoms with Gasteiger partial charge in [0.15, 0.2) is 0 Å². The first-order valence-corrected chi connectivity index (χ1v) is 6.12. The van der Waals surface area contributed by atoms with Crippen molar-refractivity contribution in [2.45, 2.75) is 39.0 Å². The maximum atomic E-state index is 8.35. The van der Waals surface area contributed by atoms with E-state index >= 15 is 0 Å². The molecular formula is C7H16OS2. The van der Waals surface area contributed by atoms with Gasteiger partial charge in [-0.05, 0) is 6.42 Å². The van der Waals surface area contributed by atoms with E-state index in [1.807, 2.05) is 0 Å². The highest BCUT2D eigenvalue weighted by Gasteiger charge is 1.88. The summed E-state index contributed by atoms with van der Waals surface area (Å²) in [5.41, 5.74) is 0. The minimum Gasteiger partial charge on any atom is -0.321 e. The van der Waals surface area contributed by atoms with Gasteiger partial charge >= 0.3 is 0 Å². The summed E-state index contributed by atoms with van der Waals surface area (Å²) in [6, 6.07) is 0. The van der Waals surface area contributed by atoms with Crippen molar-refractivity contribution in [1.82, 2.24) is 0 Å². The van der Waals surface area contributed by atoms with Gasteiger partial charge in [0.2, 0.25) is 0 Å². The Balaban J connectivity index is 2.65. The second-order valence-electron chi connectivity index (χ2n) is 2.31. The molecule has 62 valence electrons. The van der Waals surface area contributed by atoms with Crippen molar-refractivity contribution < 1.29 is 4.55 Å². The van der Waals surface area contributed by atoms with E-state index in [0.717, 1.165) is 16.8 Å². The van der Waals surface area contributed by atoms with Crippen LogP contribution in [0.3, 0.4) is 0 Å². The van der Waals surface area contributed by atoms with Gasteiger partial charge in [0.1, 0.15) is 0 Å². The van der Waals surface area contributed by atoms with E-state index in [9.17, 15) is 0 Å². The smallest absolute Gasteiger partial charge is 0.0593 e. The van der Waals surface area contributed by atoms with Crippen LogP contribution >= 0.6 is 21.9 Å². The number of hydrogen-bond donors (Lipinski definition) is 1. The quantitative estimate of drug-likeness (QED) is 0.365. The Hall–Kier alpha value is 0.660. The summed E-state index contributed by atoms with van der Waals surface area (Å²) in [7, 11) is 1.54. The third kappa shape index (κ3) is 8.66. The van der Waals surface area contributed by atoms with Crippen LogP contribution in [0.5, 0.6) is 0 Å². The van der Waals surface area contributed by atoms with Gasteiger partial charge in [-0.2, -0.15) is 0 Å². The van der Waals surface area contributed by atoms with Crippen LogP contribution in [0.25, 0.3) is 0 Å². The van der Waals surface area contributed by atoms with Gasteiger partial charge in [-0.3, -0.25) is 0 Å². The van der Waals surface area contributed by atoms with E-state index in [2.05, 4.69) is 6.92 Å². The van der Waals surface area contributed by atoms with Crippen molar-refractivity contribution in [3.05, 3.63) is 0 Å². The second kappa shape index (κ2) is 9.66. The standard InChI is InChI=1S/C7H16OS2/c1-2-3-4-5-6-7-9-10-8/h8H,2-7H2,1H3. The lowest BCUT2D eigenvalue weighted by Gasteiger charge is -1.96. The molecule has 3 heteroatoms. The minimum absolute atomic E-state index is 0.882. The normalized spacial score (nSPS) is 10.2. The molecule has 1 N–H and O–H groups in total. The summed E-state index contributed by atoms with van der Waals surface area (Å²) < 4.78 is 8.35. The van der Waals surface area contributed by atoms with Crippen molar-refractivity contribution in [1.29, 1.82) is 0 Å². The molecule has 1 nitrogen and oxygen atoms in total. The molecule has 0 aliphatic heterocycles. The molecule has 0 aromatic carbocycles. The van der Waals surface area contributed by atoms with Gasteiger partial charge < -0.3 is 4.55 Å². The van der Waals surface area contributed by atoms with E-state index in [1.165, 1.54) is 42.9 Å². The fourth-order valence-corrected chi connectivity index (χ4v) is 1.78. The molecule has 0 unspecified atom stereocenters. The Labute approximate surface area is 71.6 Å². The molecule has 10 heavy (non-hydrogen) atoms. The summed E-state index contributed by atoms with van der Waals surface area (Å²) in [5.74, 6) is 1.09. The Kier molecular flexibility index (Phi) is 10.3. The molecule has 0 radical (unpaired) electrons. The van der Waals surface area contributed by atoms with Crippen LogP contribution in [0.1, 0.15) is 39.0 Å². The van der Waals surface area contributed by atoms with Crippen LogP contribution in [-0.4, -0.2) is 10.3 Å². The van der Waals surface area contributed by atoms with Gasteiger partial charge in [0.05, 0.1) is 11.1 Å². The molecule has 0 amide bonds. The van der Waals surface area contributed by atoms with Gasteiger partial charge in [-0.1, -0.05) is 43.4 Å². The predicted octanol–water partition coefficient (Wildman–Crippen LogP) is 3.81. The maximum absolute atomic E-state index is 8.35. The predicted molar refractivity (Wildman–Crippen MR) is 51.4 cm³/mol. The zero-order valence-electron chi connectivity index (χ0n) is 6.51. The molecule has 0 aromatic heterocycles. The number of unbranched alkanes of at least 4 members (excludes halogenated alkanes) is 4. The highest BCUT2D eigenvalue weighted by Crippen LogP contribution is 2.18.